The number of hydrogen-bond acceptors (Lipinski definition) is 4. The highest BCUT2D eigenvalue weighted by atomic mass is 35.5. The van der Waals surface area contributed by atoms with Gasteiger partial charge in [0.25, 0.3) is 0 Å². The third-order valence-electron chi connectivity index (χ3n) is 6.27. The summed E-state index contributed by atoms with van der Waals surface area (Å²) in [6, 6.07) is 0.240. The summed E-state index contributed by atoms with van der Waals surface area (Å²) >= 11 is 5.95. The zero-order chi connectivity index (χ0) is 21.9. The molecule has 0 bridgehead atoms. The minimum absolute atomic E-state index is 0.144. The summed E-state index contributed by atoms with van der Waals surface area (Å²) in [5, 5.41) is 5.63. The number of hydrogen-bond donors (Lipinski definition) is 4. The fourth-order valence-electron chi connectivity index (χ4n) is 4.58. The number of rotatable bonds is 3. The molecule has 2 aliphatic carbocycles. The molecule has 4 N–H and O–H groups in total. The summed E-state index contributed by atoms with van der Waals surface area (Å²) in [6.07, 6.45) is 2.99. The lowest BCUT2D eigenvalue weighted by molar-refractivity contribution is -0.125. The molecule has 3 fully saturated rings. The van der Waals surface area contributed by atoms with Crippen molar-refractivity contribution in [2.75, 3.05) is 0 Å². The zero-order valence-corrected chi connectivity index (χ0v) is 18.9. The number of nitrogens with one attached hydrogen (secondary N) is 4. The third-order valence-corrected chi connectivity index (χ3v) is 6.76. The van der Waals surface area contributed by atoms with Crippen molar-refractivity contribution >= 4 is 23.5 Å². The molecule has 2 saturated carbocycles. The maximum atomic E-state index is 14.0. The van der Waals surface area contributed by atoms with Crippen LogP contribution >= 0.6 is 11.6 Å². The number of carbonyl (C=O) groups is 1. The van der Waals surface area contributed by atoms with Gasteiger partial charge in [-0.3, -0.25) is 15.5 Å². The molecular weight excluding hydrogens is 412 g/mol. The summed E-state index contributed by atoms with van der Waals surface area (Å²) in [5.74, 6) is 0.203. The van der Waals surface area contributed by atoms with Crippen molar-refractivity contribution in [3.05, 3.63) is 0 Å². The first-order chi connectivity index (χ1) is 14.1. The Morgan fingerprint density at radius 2 is 1.73 bits per heavy atom. The fraction of sp³-hybridized carbons (Fsp3) is 0.905. The van der Waals surface area contributed by atoms with E-state index in [1.807, 2.05) is 20.8 Å². The highest BCUT2D eigenvalue weighted by molar-refractivity contribution is 6.21. The number of halogens is 3. The zero-order valence-electron chi connectivity index (χ0n) is 18.2. The highest BCUT2D eigenvalue weighted by Gasteiger charge is 2.35. The molecule has 0 spiro atoms. The van der Waals surface area contributed by atoms with Gasteiger partial charge >= 0.3 is 0 Å². The smallest absolute Gasteiger partial charge is 0.229 e. The number of guanidine groups is 1. The number of alkyl halides is 3. The maximum Gasteiger partial charge on any atom is 0.229 e. The standard InChI is InChI=1S/C21H36ClF2N5O/c1-21(2,3)27-20(26-19(30)13-6-9-15(22)16(24)10-13)25-18-11-17(28-29-18)12-4-7-14(23)8-5-12/h12-18,28-29H,4-11H2,1-3H3,(H2,25,26,27,30). The van der Waals surface area contributed by atoms with Crippen molar-refractivity contribution in [2.45, 2.75) is 108 Å². The van der Waals surface area contributed by atoms with E-state index in [0.717, 1.165) is 19.3 Å². The van der Waals surface area contributed by atoms with Crippen molar-refractivity contribution in [3.8, 4) is 0 Å². The molecule has 1 saturated heterocycles. The number of aliphatic imine (C=N–C) groups is 1. The van der Waals surface area contributed by atoms with Gasteiger partial charge in [0.15, 0.2) is 5.96 Å². The first-order valence-electron chi connectivity index (χ1n) is 11.2. The molecular formula is C21H36ClF2N5O. The Hall–Kier alpha value is -0.990. The predicted octanol–water partition coefficient (Wildman–Crippen LogP) is 3.31. The van der Waals surface area contributed by atoms with E-state index in [9.17, 15) is 13.6 Å². The molecule has 5 unspecified atom stereocenters. The maximum absolute atomic E-state index is 14.0. The van der Waals surface area contributed by atoms with Crippen LogP contribution < -0.4 is 21.5 Å². The molecule has 172 valence electrons. The predicted molar refractivity (Wildman–Crippen MR) is 116 cm³/mol. The Kier molecular flexibility index (Phi) is 7.96. The molecule has 1 heterocycles. The summed E-state index contributed by atoms with van der Waals surface area (Å²) in [6.45, 7) is 5.97. The van der Waals surface area contributed by atoms with E-state index in [-0.39, 0.29) is 30.1 Å². The molecule has 1 aliphatic heterocycles. The molecule has 0 aromatic heterocycles. The first kappa shape index (κ1) is 23.7. The lowest BCUT2D eigenvalue weighted by atomic mass is 9.82. The molecule has 1 amide bonds. The Morgan fingerprint density at radius 1 is 1.03 bits per heavy atom. The minimum Gasteiger partial charge on any atom is -0.351 e. The minimum atomic E-state index is -1.16. The van der Waals surface area contributed by atoms with Crippen LogP contribution in [0.25, 0.3) is 0 Å². The van der Waals surface area contributed by atoms with Crippen LogP contribution in [0.1, 0.15) is 72.1 Å². The fourth-order valence-corrected chi connectivity index (χ4v) is 4.81. The second-order valence-corrected chi connectivity index (χ2v) is 10.6. The normalized spacial score (nSPS) is 38.3. The van der Waals surface area contributed by atoms with Gasteiger partial charge in [-0.2, -0.15) is 0 Å². The van der Waals surface area contributed by atoms with Crippen LogP contribution in [0.3, 0.4) is 0 Å². The van der Waals surface area contributed by atoms with Gasteiger partial charge in [-0.15, -0.1) is 11.6 Å². The Balaban J connectivity index is 1.60. The van der Waals surface area contributed by atoms with Gasteiger partial charge in [0.2, 0.25) is 5.91 Å². The van der Waals surface area contributed by atoms with Gasteiger partial charge < -0.3 is 5.32 Å². The SMILES string of the molecule is CC(C)(C)N/C(=N\C1CC(C2CCC(F)CC2)NN1)NC(=O)C1CCC(Cl)C(F)C1. The van der Waals surface area contributed by atoms with Gasteiger partial charge in [-0.1, -0.05) is 0 Å². The monoisotopic (exact) mass is 447 g/mol. The van der Waals surface area contributed by atoms with Gasteiger partial charge in [0.05, 0.1) is 5.38 Å². The van der Waals surface area contributed by atoms with Gasteiger partial charge in [-0.05, 0) is 71.6 Å². The van der Waals surface area contributed by atoms with Gasteiger partial charge in [0, 0.05) is 23.9 Å². The second-order valence-electron chi connectivity index (χ2n) is 10.0. The molecule has 5 atom stereocenters. The van der Waals surface area contributed by atoms with E-state index in [1.54, 1.807) is 0 Å². The molecule has 0 radical (unpaired) electrons. The molecule has 0 aromatic rings. The van der Waals surface area contributed by atoms with Gasteiger partial charge in [0.1, 0.15) is 18.5 Å². The average Bonchev–Trinajstić information content (AvgIpc) is 3.11. The number of nitrogens with zero attached hydrogens (tertiary/aromatic N) is 1. The van der Waals surface area contributed by atoms with Crippen LogP contribution in [0.5, 0.6) is 0 Å². The topological polar surface area (TPSA) is 77.6 Å². The van der Waals surface area contributed by atoms with Crippen molar-refractivity contribution in [1.82, 2.24) is 21.5 Å². The first-order valence-corrected chi connectivity index (χ1v) is 11.6. The van der Waals surface area contributed by atoms with Crippen molar-refractivity contribution in [3.63, 3.8) is 0 Å². The van der Waals surface area contributed by atoms with Crippen molar-refractivity contribution < 1.29 is 13.6 Å². The summed E-state index contributed by atoms with van der Waals surface area (Å²) < 4.78 is 27.4. The van der Waals surface area contributed by atoms with Crippen LogP contribution in [0, 0.1) is 11.8 Å². The van der Waals surface area contributed by atoms with Crippen LogP contribution in [-0.2, 0) is 4.79 Å². The summed E-state index contributed by atoms with van der Waals surface area (Å²) in [4.78, 5) is 17.4. The molecule has 9 heteroatoms. The molecule has 30 heavy (non-hydrogen) atoms. The number of amides is 1. The molecule has 3 aliphatic rings. The van der Waals surface area contributed by atoms with Crippen LogP contribution in [0.2, 0.25) is 0 Å². The summed E-state index contributed by atoms with van der Waals surface area (Å²) in [7, 11) is 0. The van der Waals surface area contributed by atoms with Crippen LogP contribution in [-0.4, -0.2) is 47.3 Å². The quantitative estimate of drug-likeness (QED) is 0.304. The number of carbonyl (C=O) groups excluding carboxylic acids is 1. The van der Waals surface area contributed by atoms with E-state index in [0.29, 0.717) is 37.6 Å². The van der Waals surface area contributed by atoms with E-state index >= 15 is 0 Å². The largest absolute Gasteiger partial charge is 0.351 e. The number of hydrazine groups is 1. The van der Waals surface area contributed by atoms with Crippen molar-refractivity contribution in [2.24, 2.45) is 16.8 Å². The second kappa shape index (κ2) is 10.1. The highest BCUT2D eigenvalue weighted by Crippen LogP contribution is 2.32. The average molecular weight is 448 g/mol. The van der Waals surface area contributed by atoms with E-state index in [2.05, 4.69) is 21.5 Å². The lowest BCUT2D eigenvalue weighted by Crippen LogP contribution is -2.52. The Labute approximate surface area is 183 Å². The third kappa shape index (κ3) is 6.76. The molecule has 0 aromatic carbocycles. The lowest BCUT2D eigenvalue weighted by Gasteiger charge is -2.29. The van der Waals surface area contributed by atoms with Gasteiger partial charge in [-0.25, -0.2) is 19.2 Å². The van der Waals surface area contributed by atoms with E-state index in [4.69, 9.17) is 16.6 Å². The molecule has 3 rings (SSSR count). The Bertz CT molecular complexity index is 621. The van der Waals surface area contributed by atoms with Crippen LogP contribution in [0.15, 0.2) is 4.99 Å². The van der Waals surface area contributed by atoms with Crippen molar-refractivity contribution in [1.29, 1.82) is 0 Å². The van der Waals surface area contributed by atoms with Crippen LogP contribution in [0.4, 0.5) is 8.78 Å². The van der Waals surface area contributed by atoms with E-state index in [1.165, 1.54) is 0 Å². The Morgan fingerprint density at radius 3 is 2.37 bits per heavy atom. The van der Waals surface area contributed by atoms with E-state index < -0.39 is 23.6 Å². The molecule has 6 nitrogen and oxygen atoms in total. The summed E-state index contributed by atoms with van der Waals surface area (Å²) in [5.41, 5.74) is 6.20.